The number of nitrogens with one attached hydrogen (secondary N) is 2. The van der Waals surface area contributed by atoms with Gasteiger partial charge in [0.1, 0.15) is 0 Å². The van der Waals surface area contributed by atoms with Crippen LogP contribution in [-0.2, 0) is 9.59 Å². The van der Waals surface area contributed by atoms with Crippen molar-refractivity contribution in [3.63, 3.8) is 0 Å². The Morgan fingerprint density at radius 1 is 1.13 bits per heavy atom. The Balaban J connectivity index is 1.84. The van der Waals surface area contributed by atoms with Gasteiger partial charge in [-0.05, 0) is 18.6 Å². The first-order valence-corrected chi connectivity index (χ1v) is 7.80. The van der Waals surface area contributed by atoms with E-state index in [0.29, 0.717) is 25.1 Å². The highest BCUT2D eigenvalue weighted by Crippen LogP contribution is 2.20. The van der Waals surface area contributed by atoms with E-state index in [4.69, 9.17) is 0 Å². The molecule has 0 aliphatic carbocycles. The van der Waals surface area contributed by atoms with Crippen LogP contribution in [0.2, 0.25) is 0 Å². The molecule has 1 aromatic heterocycles. The predicted octanol–water partition coefficient (Wildman–Crippen LogP) is 3.12. The van der Waals surface area contributed by atoms with Crippen LogP contribution in [0.5, 0.6) is 0 Å². The van der Waals surface area contributed by atoms with Crippen molar-refractivity contribution in [2.45, 2.75) is 33.6 Å². The van der Waals surface area contributed by atoms with Gasteiger partial charge in [0.2, 0.25) is 11.8 Å². The molecule has 0 unspecified atom stereocenters. The lowest BCUT2D eigenvalue weighted by atomic mass is 9.96. The van der Waals surface area contributed by atoms with Crippen LogP contribution >= 0.6 is 0 Å². The molecule has 1 heterocycles. The van der Waals surface area contributed by atoms with Crippen molar-refractivity contribution in [3.8, 4) is 0 Å². The van der Waals surface area contributed by atoms with Crippen LogP contribution in [-0.4, -0.2) is 23.3 Å². The van der Waals surface area contributed by atoms with Gasteiger partial charge in [0.15, 0.2) is 0 Å². The molecule has 0 aliphatic heterocycles. The first kappa shape index (κ1) is 16.9. The lowest BCUT2D eigenvalue weighted by molar-refractivity contribution is -0.128. The molecule has 5 nitrogen and oxygen atoms in total. The van der Waals surface area contributed by atoms with E-state index in [0.717, 1.165) is 10.9 Å². The van der Waals surface area contributed by atoms with Gasteiger partial charge < -0.3 is 10.6 Å². The number of aromatic nitrogens is 1. The lowest BCUT2D eigenvalue weighted by Crippen LogP contribution is -2.35. The van der Waals surface area contributed by atoms with Gasteiger partial charge in [-0.2, -0.15) is 0 Å². The standard InChI is InChI=1S/C18H23N3O2/c1-18(2,3)17(23)20-12-6-10-15(22)21-14-9-4-7-13-8-5-11-19-16(13)14/h4-5,7-9,11H,6,10,12H2,1-3H3,(H,20,23)(H,21,22). The number of carbonyl (C=O) groups is 2. The van der Waals surface area contributed by atoms with Crippen molar-refractivity contribution in [1.29, 1.82) is 0 Å². The molecule has 2 amide bonds. The number of nitrogens with zero attached hydrogens (tertiary/aromatic N) is 1. The van der Waals surface area contributed by atoms with Gasteiger partial charge in [-0.1, -0.05) is 39.0 Å². The molecule has 0 radical (unpaired) electrons. The van der Waals surface area contributed by atoms with Crippen LogP contribution in [0.4, 0.5) is 5.69 Å². The monoisotopic (exact) mass is 313 g/mol. The summed E-state index contributed by atoms with van der Waals surface area (Å²) in [5.74, 6) is -0.0793. The maximum atomic E-state index is 12.0. The van der Waals surface area contributed by atoms with Crippen molar-refractivity contribution in [1.82, 2.24) is 10.3 Å². The summed E-state index contributed by atoms with van der Waals surface area (Å²) in [5.41, 5.74) is 1.09. The minimum absolute atomic E-state index is 0.00355. The second-order valence-corrected chi connectivity index (χ2v) is 6.54. The Kier molecular flexibility index (Phi) is 5.32. The maximum absolute atomic E-state index is 12.0. The van der Waals surface area contributed by atoms with Crippen LogP contribution < -0.4 is 10.6 Å². The smallest absolute Gasteiger partial charge is 0.225 e. The third kappa shape index (κ3) is 4.77. The van der Waals surface area contributed by atoms with Crippen molar-refractivity contribution < 1.29 is 9.59 Å². The average molecular weight is 313 g/mol. The fourth-order valence-electron chi connectivity index (χ4n) is 2.13. The second kappa shape index (κ2) is 7.22. The summed E-state index contributed by atoms with van der Waals surface area (Å²) in [6.45, 7) is 6.09. The SMILES string of the molecule is CC(C)(C)C(=O)NCCCC(=O)Nc1cccc2cccnc12. The number of rotatable bonds is 5. The Morgan fingerprint density at radius 3 is 2.61 bits per heavy atom. The van der Waals surface area contributed by atoms with Crippen molar-refractivity contribution in [3.05, 3.63) is 36.5 Å². The number of benzene rings is 1. The average Bonchev–Trinajstić information content (AvgIpc) is 2.51. The number of amides is 2. The third-order valence-electron chi connectivity index (χ3n) is 3.45. The summed E-state index contributed by atoms with van der Waals surface area (Å²) < 4.78 is 0. The Morgan fingerprint density at radius 2 is 1.87 bits per heavy atom. The zero-order valence-electron chi connectivity index (χ0n) is 13.8. The van der Waals surface area contributed by atoms with Crippen LogP contribution in [0.3, 0.4) is 0 Å². The Hall–Kier alpha value is -2.43. The highest BCUT2D eigenvalue weighted by atomic mass is 16.2. The van der Waals surface area contributed by atoms with Gasteiger partial charge in [-0.3, -0.25) is 14.6 Å². The van der Waals surface area contributed by atoms with E-state index >= 15 is 0 Å². The van der Waals surface area contributed by atoms with Crippen LogP contribution in [0.1, 0.15) is 33.6 Å². The fraction of sp³-hybridized carbons (Fsp3) is 0.389. The summed E-state index contributed by atoms with van der Waals surface area (Å²) in [4.78, 5) is 28.1. The first-order chi connectivity index (χ1) is 10.9. The van der Waals surface area contributed by atoms with Crippen molar-refractivity contribution >= 4 is 28.4 Å². The molecule has 0 saturated carbocycles. The van der Waals surface area contributed by atoms with E-state index in [2.05, 4.69) is 15.6 Å². The summed E-state index contributed by atoms with van der Waals surface area (Å²) in [5, 5.41) is 6.72. The van der Waals surface area contributed by atoms with Gasteiger partial charge in [0, 0.05) is 30.0 Å². The molecular formula is C18H23N3O2. The van der Waals surface area contributed by atoms with E-state index in [9.17, 15) is 9.59 Å². The first-order valence-electron chi connectivity index (χ1n) is 7.80. The molecule has 2 aromatic rings. The minimum Gasteiger partial charge on any atom is -0.356 e. The molecule has 0 aliphatic rings. The largest absolute Gasteiger partial charge is 0.356 e. The molecule has 2 N–H and O–H groups in total. The number of hydrogen-bond acceptors (Lipinski definition) is 3. The molecular weight excluding hydrogens is 290 g/mol. The van der Waals surface area contributed by atoms with Crippen molar-refractivity contribution in [2.24, 2.45) is 5.41 Å². The summed E-state index contributed by atoms with van der Waals surface area (Å²) in [6, 6.07) is 9.52. The van der Waals surface area contributed by atoms with Crippen LogP contribution in [0.25, 0.3) is 10.9 Å². The van der Waals surface area contributed by atoms with Crippen molar-refractivity contribution in [2.75, 3.05) is 11.9 Å². The van der Waals surface area contributed by atoms with E-state index in [1.165, 1.54) is 0 Å². The topological polar surface area (TPSA) is 71.1 Å². The molecule has 1 aromatic carbocycles. The molecule has 0 saturated heterocycles. The van der Waals surface area contributed by atoms with E-state index in [-0.39, 0.29) is 11.8 Å². The van der Waals surface area contributed by atoms with Gasteiger partial charge in [0.25, 0.3) is 0 Å². The number of anilines is 1. The number of fused-ring (bicyclic) bond motifs is 1. The third-order valence-corrected chi connectivity index (χ3v) is 3.45. The van der Waals surface area contributed by atoms with Gasteiger partial charge >= 0.3 is 0 Å². The fourth-order valence-corrected chi connectivity index (χ4v) is 2.13. The molecule has 0 bridgehead atoms. The number of para-hydroxylation sites is 1. The molecule has 23 heavy (non-hydrogen) atoms. The Labute approximate surface area is 136 Å². The number of hydrogen-bond donors (Lipinski definition) is 2. The quantitative estimate of drug-likeness (QED) is 0.833. The number of pyridine rings is 1. The summed E-state index contributed by atoms with van der Waals surface area (Å²) >= 11 is 0. The molecule has 0 spiro atoms. The van der Waals surface area contributed by atoms with Crippen LogP contribution in [0.15, 0.2) is 36.5 Å². The van der Waals surface area contributed by atoms with Gasteiger partial charge in [0.05, 0.1) is 11.2 Å². The van der Waals surface area contributed by atoms with Gasteiger partial charge in [-0.15, -0.1) is 0 Å². The highest BCUT2D eigenvalue weighted by molar-refractivity contribution is 6.00. The second-order valence-electron chi connectivity index (χ2n) is 6.54. The Bertz CT molecular complexity index is 699. The lowest BCUT2D eigenvalue weighted by Gasteiger charge is -2.17. The number of carbonyl (C=O) groups excluding carboxylic acids is 2. The summed E-state index contributed by atoms with van der Waals surface area (Å²) in [6.07, 6.45) is 2.67. The zero-order chi connectivity index (χ0) is 16.9. The van der Waals surface area contributed by atoms with E-state index in [1.807, 2.05) is 51.1 Å². The predicted molar refractivity (Wildman–Crippen MR) is 92.1 cm³/mol. The normalized spacial score (nSPS) is 11.3. The molecule has 5 heteroatoms. The van der Waals surface area contributed by atoms with E-state index < -0.39 is 5.41 Å². The minimum atomic E-state index is -0.406. The molecule has 0 fully saturated rings. The zero-order valence-corrected chi connectivity index (χ0v) is 13.8. The maximum Gasteiger partial charge on any atom is 0.225 e. The van der Waals surface area contributed by atoms with Gasteiger partial charge in [-0.25, -0.2) is 0 Å². The summed E-state index contributed by atoms with van der Waals surface area (Å²) in [7, 11) is 0. The van der Waals surface area contributed by atoms with E-state index in [1.54, 1.807) is 6.20 Å². The highest BCUT2D eigenvalue weighted by Gasteiger charge is 2.20. The molecule has 2 rings (SSSR count). The molecule has 0 atom stereocenters. The molecule has 122 valence electrons. The van der Waals surface area contributed by atoms with Crippen LogP contribution in [0, 0.1) is 5.41 Å².